The number of methoxy groups -OCH3 is 1. The number of hydrogen-bond donors (Lipinski definition) is 2. The Morgan fingerprint density at radius 1 is 1.32 bits per heavy atom. The Labute approximate surface area is 133 Å². The molecule has 0 bridgehead atoms. The Bertz CT molecular complexity index is 487. The van der Waals surface area contributed by atoms with Gasteiger partial charge >= 0.3 is 0 Å². The first-order valence-electron chi connectivity index (χ1n) is 7.56. The highest BCUT2D eigenvalue weighted by Crippen LogP contribution is 2.19. The van der Waals surface area contributed by atoms with Crippen LogP contribution in [0.5, 0.6) is 11.5 Å². The van der Waals surface area contributed by atoms with Crippen molar-refractivity contribution >= 4 is 5.96 Å². The van der Waals surface area contributed by atoms with Gasteiger partial charge in [0, 0.05) is 19.7 Å². The molecule has 0 saturated heterocycles. The van der Waals surface area contributed by atoms with Gasteiger partial charge in [0.05, 0.1) is 13.7 Å². The van der Waals surface area contributed by atoms with E-state index < -0.39 is 0 Å². The van der Waals surface area contributed by atoms with Crippen LogP contribution in [0.2, 0.25) is 0 Å². The van der Waals surface area contributed by atoms with Crippen molar-refractivity contribution in [2.45, 2.75) is 26.4 Å². The zero-order valence-corrected chi connectivity index (χ0v) is 13.9. The highest BCUT2D eigenvalue weighted by atomic mass is 16.5. The van der Waals surface area contributed by atoms with Crippen molar-refractivity contribution in [1.29, 1.82) is 0 Å². The van der Waals surface area contributed by atoms with Gasteiger partial charge in [0.25, 0.3) is 0 Å². The number of hydrogen-bond acceptors (Lipinski definition) is 3. The van der Waals surface area contributed by atoms with E-state index in [-0.39, 0.29) is 6.10 Å². The van der Waals surface area contributed by atoms with E-state index in [9.17, 15) is 0 Å². The van der Waals surface area contributed by atoms with Gasteiger partial charge in [-0.2, -0.15) is 0 Å². The van der Waals surface area contributed by atoms with E-state index in [0.29, 0.717) is 6.54 Å². The Hall–Kier alpha value is -2.17. The molecule has 0 aliphatic heterocycles. The summed E-state index contributed by atoms with van der Waals surface area (Å²) in [7, 11) is 3.41. The zero-order chi connectivity index (χ0) is 16.2. The SMILES string of the molecule is C/C=C/CCNC(=NC)NCC(C)Oc1cccc(OC)c1. The molecule has 1 atom stereocenters. The van der Waals surface area contributed by atoms with Crippen molar-refractivity contribution in [3.05, 3.63) is 36.4 Å². The molecule has 0 heterocycles. The lowest BCUT2D eigenvalue weighted by atomic mass is 10.3. The van der Waals surface area contributed by atoms with Crippen molar-refractivity contribution in [2.75, 3.05) is 27.2 Å². The third-order valence-corrected chi connectivity index (χ3v) is 3.00. The summed E-state index contributed by atoms with van der Waals surface area (Å²) in [6.45, 7) is 5.56. The van der Waals surface area contributed by atoms with Crippen LogP contribution >= 0.6 is 0 Å². The molecule has 22 heavy (non-hydrogen) atoms. The van der Waals surface area contributed by atoms with E-state index in [1.54, 1.807) is 14.2 Å². The van der Waals surface area contributed by atoms with Crippen molar-refractivity contribution in [1.82, 2.24) is 10.6 Å². The Morgan fingerprint density at radius 2 is 2.09 bits per heavy atom. The molecule has 5 nitrogen and oxygen atoms in total. The first-order chi connectivity index (χ1) is 10.7. The molecule has 0 aliphatic carbocycles. The largest absolute Gasteiger partial charge is 0.497 e. The number of guanidine groups is 1. The van der Waals surface area contributed by atoms with Crippen molar-refractivity contribution in [2.24, 2.45) is 4.99 Å². The highest BCUT2D eigenvalue weighted by molar-refractivity contribution is 5.79. The monoisotopic (exact) mass is 305 g/mol. The molecular weight excluding hydrogens is 278 g/mol. The normalized spacial score (nSPS) is 13.0. The third-order valence-electron chi connectivity index (χ3n) is 3.00. The van der Waals surface area contributed by atoms with Gasteiger partial charge in [-0.1, -0.05) is 18.2 Å². The van der Waals surface area contributed by atoms with E-state index in [1.807, 2.05) is 44.2 Å². The van der Waals surface area contributed by atoms with Crippen molar-refractivity contribution < 1.29 is 9.47 Å². The van der Waals surface area contributed by atoms with E-state index in [2.05, 4.69) is 21.7 Å². The minimum absolute atomic E-state index is 0.0150. The fraction of sp³-hybridized carbons (Fsp3) is 0.471. The van der Waals surface area contributed by atoms with E-state index in [4.69, 9.17) is 9.47 Å². The van der Waals surface area contributed by atoms with Crippen LogP contribution < -0.4 is 20.1 Å². The summed E-state index contributed by atoms with van der Waals surface area (Å²) in [5.74, 6) is 2.37. The van der Waals surface area contributed by atoms with E-state index in [1.165, 1.54) is 0 Å². The van der Waals surface area contributed by atoms with Gasteiger partial charge in [-0.25, -0.2) is 0 Å². The van der Waals surface area contributed by atoms with Crippen LogP contribution in [0.3, 0.4) is 0 Å². The second-order valence-corrected chi connectivity index (χ2v) is 4.85. The van der Waals surface area contributed by atoms with Gasteiger partial charge in [-0.3, -0.25) is 4.99 Å². The van der Waals surface area contributed by atoms with Gasteiger partial charge in [-0.05, 0) is 32.4 Å². The van der Waals surface area contributed by atoms with Crippen molar-refractivity contribution in [3.8, 4) is 11.5 Å². The summed E-state index contributed by atoms with van der Waals surface area (Å²) in [6, 6.07) is 7.60. The van der Waals surface area contributed by atoms with Gasteiger partial charge in [0.2, 0.25) is 0 Å². The fourth-order valence-corrected chi connectivity index (χ4v) is 1.85. The lowest BCUT2D eigenvalue weighted by Crippen LogP contribution is -2.42. The summed E-state index contributed by atoms with van der Waals surface area (Å²) in [5, 5.41) is 6.51. The quantitative estimate of drug-likeness (QED) is 0.335. The molecule has 0 amide bonds. The van der Waals surface area contributed by atoms with Crippen LogP contribution in [-0.4, -0.2) is 39.3 Å². The molecule has 5 heteroatoms. The molecule has 0 spiro atoms. The number of nitrogens with one attached hydrogen (secondary N) is 2. The van der Waals surface area contributed by atoms with Gasteiger partial charge in [0.15, 0.2) is 5.96 Å². The van der Waals surface area contributed by atoms with Crippen molar-refractivity contribution in [3.63, 3.8) is 0 Å². The van der Waals surface area contributed by atoms with E-state index >= 15 is 0 Å². The number of rotatable bonds is 8. The minimum Gasteiger partial charge on any atom is -0.497 e. The summed E-state index contributed by atoms with van der Waals surface area (Å²) in [4.78, 5) is 4.19. The highest BCUT2D eigenvalue weighted by Gasteiger charge is 2.06. The molecule has 1 aromatic carbocycles. The molecule has 0 fully saturated rings. The lowest BCUT2D eigenvalue weighted by molar-refractivity contribution is 0.223. The molecule has 2 N–H and O–H groups in total. The topological polar surface area (TPSA) is 54.9 Å². The molecule has 1 aromatic rings. The molecular formula is C17H27N3O2. The number of benzene rings is 1. The summed E-state index contributed by atoms with van der Waals surface area (Å²) < 4.78 is 11.0. The molecule has 1 unspecified atom stereocenters. The molecule has 0 aliphatic rings. The van der Waals surface area contributed by atoms with E-state index in [0.717, 1.165) is 30.4 Å². The lowest BCUT2D eigenvalue weighted by Gasteiger charge is -2.18. The van der Waals surface area contributed by atoms with Crippen LogP contribution in [0, 0.1) is 0 Å². The standard InChI is InChI=1S/C17H27N3O2/c1-5-6-7-11-19-17(18-3)20-13-14(2)22-16-10-8-9-15(12-16)21-4/h5-6,8-10,12,14H,7,11,13H2,1-4H3,(H2,18,19,20)/b6-5+. The predicted molar refractivity (Wildman–Crippen MR) is 91.9 cm³/mol. The average molecular weight is 305 g/mol. The molecule has 0 aromatic heterocycles. The maximum absolute atomic E-state index is 5.86. The molecule has 0 radical (unpaired) electrons. The first kappa shape index (κ1) is 17.9. The molecule has 0 saturated carbocycles. The molecule has 1 rings (SSSR count). The Kier molecular flexibility index (Phi) is 8.57. The van der Waals surface area contributed by atoms with Crippen LogP contribution in [0.4, 0.5) is 0 Å². The summed E-state index contributed by atoms with van der Waals surface area (Å²) in [6.07, 6.45) is 5.16. The third kappa shape index (κ3) is 7.02. The number of allylic oxidation sites excluding steroid dienone is 1. The second kappa shape index (κ2) is 10.5. The zero-order valence-electron chi connectivity index (χ0n) is 13.9. The smallest absolute Gasteiger partial charge is 0.191 e. The maximum atomic E-state index is 5.86. The number of aliphatic imine (C=N–C) groups is 1. The minimum atomic E-state index is 0.0150. The fourth-order valence-electron chi connectivity index (χ4n) is 1.85. The summed E-state index contributed by atoms with van der Waals surface area (Å²) >= 11 is 0. The Balaban J connectivity index is 2.35. The van der Waals surface area contributed by atoms with Gasteiger partial charge in [-0.15, -0.1) is 0 Å². The maximum Gasteiger partial charge on any atom is 0.191 e. The number of nitrogens with zero attached hydrogens (tertiary/aromatic N) is 1. The van der Waals surface area contributed by atoms with Crippen LogP contribution in [0.1, 0.15) is 20.3 Å². The average Bonchev–Trinajstić information content (AvgIpc) is 2.54. The van der Waals surface area contributed by atoms with Gasteiger partial charge in [0.1, 0.15) is 17.6 Å². The van der Waals surface area contributed by atoms with Crippen LogP contribution in [-0.2, 0) is 0 Å². The predicted octanol–water partition coefficient (Wildman–Crippen LogP) is 2.59. The van der Waals surface area contributed by atoms with Crippen LogP contribution in [0.15, 0.2) is 41.4 Å². The van der Waals surface area contributed by atoms with Gasteiger partial charge < -0.3 is 20.1 Å². The van der Waals surface area contributed by atoms with Crippen LogP contribution in [0.25, 0.3) is 0 Å². The number of ether oxygens (including phenoxy) is 2. The second-order valence-electron chi connectivity index (χ2n) is 4.85. The first-order valence-corrected chi connectivity index (χ1v) is 7.56. The summed E-state index contributed by atoms with van der Waals surface area (Å²) in [5.41, 5.74) is 0. The Morgan fingerprint density at radius 3 is 2.77 bits per heavy atom. The molecule has 122 valence electrons.